The number of anilines is 2. The molecule has 88 valence electrons. The van der Waals surface area contributed by atoms with E-state index in [0.717, 1.165) is 11.5 Å². The van der Waals surface area contributed by atoms with Crippen LogP contribution >= 0.6 is 0 Å². The molecule has 1 aliphatic rings. The second-order valence-electron chi connectivity index (χ2n) is 4.78. The summed E-state index contributed by atoms with van der Waals surface area (Å²) in [5.74, 6) is 1.01. The van der Waals surface area contributed by atoms with Gasteiger partial charge in [0.25, 0.3) is 0 Å². The maximum Gasteiger partial charge on any atom is 0.128 e. The van der Waals surface area contributed by atoms with Gasteiger partial charge in [-0.1, -0.05) is 19.3 Å². The minimum absolute atomic E-state index is 0.653. The fourth-order valence-corrected chi connectivity index (χ4v) is 2.22. The van der Waals surface area contributed by atoms with Gasteiger partial charge in [-0.2, -0.15) is 0 Å². The van der Waals surface area contributed by atoms with E-state index in [1.54, 1.807) is 0 Å². The number of rotatable bonds is 3. The molecule has 0 radical (unpaired) electrons. The van der Waals surface area contributed by atoms with Crippen molar-refractivity contribution in [1.82, 2.24) is 4.98 Å². The van der Waals surface area contributed by atoms with Crippen molar-refractivity contribution >= 4 is 11.5 Å². The molecule has 0 aromatic carbocycles. The van der Waals surface area contributed by atoms with Crippen molar-refractivity contribution in [1.29, 1.82) is 0 Å². The highest BCUT2D eigenvalue weighted by Gasteiger charge is 2.12. The van der Waals surface area contributed by atoms with Crippen molar-refractivity contribution in [3.63, 3.8) is 0 Å². The summed E-state index contributed by atoms with van der Waals surface area (Å²) in [4.78, 5) is 6.43. The Bertz CT molecular complexity index is 312. The van der Waals surface area contributed by atoms with Crippen molar-refractivity contribution in [3.8, 4) is 0 Å². The molecule has 0 spiro atoms. The Morgan fingerprint density at radius 2 is 1.94 bits per heavy atom. The van der Waals surface area contributed by atoms with Gasteiger partial charge in [0.1, 0.15) is 5.82 Å². The molecule has 2 rings (SSSR count). The molecule has 0 atom stereocenters. The number of aromatic nitrogens is 1. The fourth-order valence-electron chi connectivity index (χ4n) is 2.22. The highest BCUT2D eigenvalue weighted by Crippen LogP contribution is 2.21. The van der Waals surface area contributed by atoms with E-state index in [1.807, 2.05) is 25.2 Å². The third-order valence-electron chi connectivity index (χ3n) is 3.18. The first-order valence-electron chi connectivity index (χ1n) is 6.15. The van der Waals surface area contributed by atoms with Crippen LogP contribution in [0.5, 0.6) is 0 Å². The Morgan fingerprint density at radius 1 is 1.19 bits per heavy atom. The van der Waals surface area contributed by atoms with Crippen LogP contribution < -0.4 is 10.2 Å². The second kappa shape index (κ2) is 5.19. The van der Waals surface area contributed by atoms with Gasteiger partial charge < -0.3 is 10.2 Å². The molecule has 3 nitrogen and oxygen atoms in total. The zero-order valence-corrected chi connectivity index (χ0v) is 10.2. The minimum atomic E-state index is 0.653. The van der Waals surface area contributed by atoms with Gasteiger partial charge in [-0.15, -0.1) is 0 Å². The monoisotopic (exact) mass is 219 g/mol. The van der Waals surface area contributed by atoms with Crippen LogP contribution in [0.1, 0.15) is 32.1 Å². The van der Waals surface area contributed by atoms with Crippen LogP contribution in [0.25, 0.3) is 0 Å². The van der Waals surface area contributed by atoms with Crippen molar-refractivity contribution in [2.24, 2.45) is 0 Å². The van der Waals surface area contributed by atoms with Crippen molar-refractivity contribution in [3.05, 3.63) is 18.3 Å². The Hall–Kier alpha value is -1.25. The fraction of sp³-hybridized carbons (Fsp3) is 0.615. The van der Waals surface area contributed by atoms with Gasteiger partial charge in [-0.25, -0.2) is 4.98 Å². The van der Waals surface area contributed by atoms with Crippen LogP contribution in [0, 0.1) is 0 Å². The summed E-state index contributed by atoms with van der Waals surface area (Å²) in [6.45, 7) is 0. The first-order chi connectivity index (χ1) is 7.75. The topological polar surface area (TPSA) is 28.2 Å². The van der Waals surface area contributed by atoms with E-state index in [0.29, 0.717) is 6.04 Å². The molecule has 0 unspecified atom stereocenters. The van der Waals surface area contributed by atoms with E-state index in [-0.39, 0.29) is 0 Å². The molecule has 0 saturated heterocycles. The number of hydrogen-bond donors (Lipinski definition) is 1. The maximum atomic E-state index is 4.41. The zero-order valence-electron chi connectivity index (χ0n) is 10.2. The maximum absolute atomic E-state index is 4.41. The van der Waals surface area contributed by atoms with Crippen LogP contribution in [0.4, 0.5) is 11.5 Å². The zero-order chi connectivity index (χ0) is 11.4. The predicted octanol–water partition coefficient (Wildman–Crippen LogP) is 2.89. The standard InChI is InChI=1S/C13H21N3/c1-16(2)13-9-8-12(10-14-13)15-11-6-4-3-5-7-11/h8-11,15H,3-7H2,1-2H3. The molecule has 16 heavy (non-hydrogen) atoms. The lowest BCUT2D eigenvalue weighted by Gasteiger charge is -2.23. The smallest absolute Gasteiger partial charge is 0.128 e. The van der Waals surface area contributed by atoms with E-state index in [1.165, 1.54) is 32.1 Å². The Morgan fingerprint density at radius 3 is 2.50 bits per heavy atom. The Balaban J connectivity index is 1.93. The molecule has 1 aliphatic carbocycles. The number of nitrogens with zero attached hydrogens (tertiary/aromatic N) is 2. The molecule has 0 bridgehead atoms. The van der Waals surface area contributed by atoms with Gasteiger partial charge >= 0.3 is 0 Å². The lowest BCUT2D eigenvalue weighted by molar-refractivity contribution is 0.462. The van der Waals surface area contributed by atoms with Gasteiger partial charge in [0.05, 0.1) is 11.9 Å². The average molecular weight is 219 g/mol. The summed E-state index contributed by atoms with van der Waals surface area (Å²) in [5.41, 5.74) is 1.15. The lowest BCUT2D eigenvalue weighted by Crippen LogP contribution is -2.22. The Labute approximate surface area is 97.9 Å². The number of nitrogens with one attached hydrogen (secondary N) is 1. The third-order valence-corrected chi connectivity index (χ3v) is 3.18. The minimum Gasteiger partial charge on any atom is -0.381 e. The van der Waals surface area contributed by atoms with Crippen molar-refractivity contribution in [2.45, 2.75) is 38.1 Å². The largest absolute Gasteiger partial charge is 0.381 e. The normalized spacial score (nSPS) is 17.1. The third kappa shape index (κ3) is 2.87. The average Bonchev–Trinajstić information content (AvgIpc) is 2.31. The summed E-state index contributed by atoms with van der Waals surface area (Å²) in [5, 5.41) is 3.57. The van der Waals surface area contributed by atoms with Crippen molar-refractivity contribution in [2.75, 3.05) is 24.3 Å². The highest BCUT2D eigenvalue weighted by atomic mass is 15.1. The first kappa shape index (κ1) is 11.2. The quantitative estimate of drug-likeness (QED) is 0.847. The van der Waals surface area contributed by atoms with E-state index < -0.39 is 0 Å². The van der Waals surface area contributed by atoms with Gasteiger partial charge in [0.2, 0.25) is 0 Å². The SMILES string of the molecule is CN(C)c1ccc(NC2CCCCC2)cn1. The predicted molar refractivity (Wildman–Crippen MR) is 69.1 cm³/mol. The highest BCUT2D eigenvalue weighted by molar-refractivity contribution is 5.48. The first-order valence-corrected chi connectivity index (χ1v) is 6.15. The number of pyridine rings is 1. The van der Waals surface area contributed by atoms with Gasteiger partial charge in [0.15, 0.2) is 0 Å². The van der Waals surface area contributed by atoms with Crippen LogP contribution in [0.2, 0.25) is 0 Å². The molecule has 0 amide bonds. The molecule has 1 aromatic rings. The van der Waals surface area contributed by atoms with E-state index in [2.05, 4.69) is 22.4 Å². The molecule has 1 fully saturated rings. The van der Waals surface area contributed by atoms with Gasteiger partial charge in [-0.3, -0.25) is 0 Å². The number of hydrogen-bond acceptors (Lipinski definition) is 3. The van der Waals surface area contributed by atoms with E-state index in [9.17, 15) is 0 Å². The van der Waals surface area contributed by atoms with Gasteiger partial charge in [0, 0.05) is 20.1 Å². The van der Waals surface area contributed by atoms with Crippen LogP contribution in [-0.4, -0.2) is 25.1 Å². The molecular formula is C13H21N3. The molecule has 1 heterocycles. The van der Waals surface area contributed by atoms with Crippen LogP contribution in [0.3, 0.4) is 0 Å². The summed E-state index contributed by atoms with van der Waals surface area (Å²) >= 11 is 0. The molecule has 0 aliphatic heterocycles. The molecule has 3 heteroatoms. The van der Waals surface area contributed by atoms with Crippen molar-refractivity contribution < 1.29 is 0 Å². The molecule has 1 saturated carbocycles. The molecule has 1 N–H and O–H groups in total. The summed E-state index contributed by atoms with van der Waals surface area (Å²) in [6.07, 6.45) is 8.66. The Kier molecular flexibility index (Phi) is 3.65. The summed E-state index contributed by atoms with van der Waals surface area (Å²) in [6, 6.07) is 4.84. The lowest BCUT2D eigenvalue weighted by atomic mass is 9.95. The van der Waals surface area contributed by atoms with Gasteiger partial charge in [-0.05, 0) is 25.0 Å². The molecular weight excluding hydrogens is 198 g/mol. The summed E-state index contributed by atoms with van der Waals surface area (Å²) < 4.78 is 0. The summed E-state index contributed by atoms with van der Waals surface area (Å²) in [7, 11) is 4.02. The second-order valence-corrected chi connectivity index (χ2v) is 4.78. The van der Waals surface area contributed by atoms with Crippen LogP contribution in [-0.2, 0) is 0 Å². The van der Waals surface area contributed by atoms with E-state index >= 15 is 0 Å². The molecule has 1 aromatic heterocycles. The van der Waals surface area contributed by atoms with Crippen LogP contribution in [0.15, 0.2) is 18.3 Å². The van der Waals surface area contributed by atoms with E-state index in [4.69, 9.17) is 0 Å².